The molecule has 128 valence electrons. The second-order valence-corrected chi connectivity index (χ2v) is 7.74. The third-order valence-electron chi connectivity index (χ3n) is 3.68. The molecule has 1 aliphatic rings. The highest BCUT2D eigenvalue weighted by molar-refractivity contribution is 7.89. The number of carbonyl (C=O) groups is 1. The van der Waals surface area contributed by atoms with Crippen LogP contribution in [-0.4, -0.2) is 19.5 Å². The summed E-state index contributed by atoms with van der Waals surface area (Å²) in [6, 6.07) is 4.63. The number of fused-ring (bicyclic) bond motifs is 1. The van der Waals surface area contributed by atoms with Crippen LogP contribution in [0.3, 0.4) is 0 Å². The molecule has 2 heterocycles. The summed E-state index contributed by atoms with van der Waals surface area (Å²) >= 11 is 6.15. The average Bonchev–Trinajstić information content (AvgIpc) is 2.84. The molecule has 2 N–H and O–H groups in total. The van der Waals surface area contributed by atoms with Gasteiger partial charge in [-0.1, -0.05) is 16.8 Å². The van der Waals surface area contributed by atoms with E-state index in [1.165, 1.54) is 6.07 Å². The molecule has 0 spiro atoms. The van der Waals surface area contributed by atoms with Gasteiger partial charge in [-0.05, 0) is 37.5 Å². The van der Waals surface area contributed by atoms with E-state index >= 15 is 0 Å². The molecule has 2 aromatic rings. The van der Waals surface area contributed by atoms with Crippen molar-refractivity contribution in [3.8, 4) is 0 Å². The molecule has 1 amide bonds. The van der Waals surface area contributed by atoms with Crippen LogP contribution in [0.4, 0.5) is 5.69 Å². The molecule has 0 saturated carbocycles. The Morgan fingerprint density at radius 3 is 2.83 bits per heavy atom. The number of benzene rings is 1. The predicted molar refractivity (Wildman–Crippen MR) is 88.3 cm³/mol. The first-order chi connectivity index (χ1) is 11.3. The zero-order valence-electron chi connectivity index (χ0n) is 12.9. The van der Waals surface area contributed by atoms with Crippen molar-refractivity contribution in [2.75, 3.05) is 5.32 Å². The Morgan fingerprint density at radius 1 is 1.33 bits per heavy atom. The SMILES string of the molecule is Cc1cc(CNS(=O)(=O)c2cc3c(cc2Cl)CCCC(=O)N3)on1. The normalized spacial score (nSPS) is 14.8. The molecule has 24 heavy (non-hydrogen) atoms. The summed E-state index contributed by atoms with van der Waals surface area (Å²) in [7, 11) is -3.86. The maximum absolute atomic E-state index is 12.5. The maximum Gasteiger partial charge on any atom is 0.242 e. The van der Waals surface area contributed by atoms with Gasteiger partial charge in [-0.15, -0.1) is 0 Å². The lowest BCUT2D eigenvalue weighted by molar-refractivity contribution is -0.116. The van der Waals surface area contributed by atoms with Gasteiger partial charge in [-0.2, -0.15) is 0 Å². The fourth-order valence-corrected chi connectivity index (χ4v) is 4.09. The monoisotopic (exact) mass is 369 g/mol. The molecule has 0 atom stereocenters. The van der Waals surface area contributed by atoms with Crippen molar-refractivity contribution in [3.63, 3.8) is 0 Å². The molecule has 0 unspecified atom stereocenters. The molecule has 0 bridgehead atoms. The number of anilines is 1. The number of halogens is 1. The van der Waals surface area contributed by atoms with Gasteiger partial charge in [0.1, 0.15) is 4.90 Å². The molecule has 0 radical (unpaired) electrons. The summed E-state index contributed by atoms with van der Waals surface area (Å²) in [5, 5.41) is 6.54. The molecule has 7 nitrogen and oxygen atoms in total. The summed E-state index contributed by atoms with van der Waals surface area (Å²) in [5.74, 6) is 0.264. The zero-order chi connectivity index (χ0) is 17.3. The van der Waals surface area contributed by atoms with E-state index in [9.17, 15) is 13.2 Å². The highest BCUT2D eigenvalue weighted by atomic mass is 35.5. The highest BCUT2D eigenvalue weighted by Gasteiger charge is 2.23. The average molecular weight is 370 g/mol. The van der Waals surface area contributed by atoms with Crippen molar-refractivity contribution in [1.29, 1.82) is 0 Å². The fourth-order valence-electron chi connectivity index (χ4n) is 2.52. The Bertz CT molecular complexity index is 892. The van der Waals surface area contributed by atoms with Crippen LogP contribution in [0.2, 0.25) is 5.02 Å². The van der Waals surface area contributed by atoms with Crippen molar-refractivity contribution in [1.82, 2.24) is 9.88 Å². The van der Waals surface area contributed by atoms with Crippen molar-refractivity contribution >= 4 is 33.2 Å². The van der Waals surface area contributed by atoms with E-state index in [1.54, 1.807) is 19.1 Å². The number of nitrogens with one attached hydrogen (secondary N) is 2. The lowest BCUT2D eigenvalue weighted by atomic mass is 10.1. The summed E-state index contributed by atoms with van der Waals surface area (Å²) in [6.07, 6.45) is 1.76. The van der Waals surface area contributed by atoms with Crippen molar-refractivity contribution in [3.05, 3.63) is 40.2 Å². The van der Waals surface area contributed by atoms with Gasteiger partial charge in [-0.3, -0.25) is 4.79 Å². The van der Waals surface area contributed by atoms with Crippen LogP contribution in [-0.2, 0) is 27.8 Å². The smallest absolute Gasteiger partial charge is 0.242 e. The lowest BCUT2D eigenvalue weighted by Crippen LogP contribution is -2.23. The first-order valence-electron chi connectivity index (χ1n) is 7.39. The highest BCUT2D eigenvalue weighted by Crippen LogP contribution is 2.31. The predicted octanol–water partition coefficient (Wildman–Crippen LogP) is 2.39. The van der Waals surface area contributed by atoms with Crippen molar-refractivity contribution in [2.45, 2.75) is 37.6 Å². The van der Waals surface area contributed by atoms with Crippen LogP contribution >= 0.6 is 11.6 Å². The largest absolute Gasteiger partial charge is 0.360 e. The molecular formula is C15H16ClN3O4S. The first kappa shape index (κ1) is 16.9. The van der Waals surface area contributed by atoms with Crippen LogP contribution in [0, 0.1) is 6.92 Å². The minimum atomic E-state index is -3.86. The molecule has 1 aromatic heterocycles. The van der Waals surface area contributed by atoms with Gasteiger partial charge >= 0.3 is 0 Å². The van der Waals surface area contributed by atoms with Gasteiger partial charge in [0.05, 0.1) is 17.3 Å². The van der Waals surface area contributed by atoms with Crippen molar-refractivity contribution < 1.29 is 17.7 Å². The van der Waals surface area contributed by atoms with E-state index < -0.39 is 10.0 Å². The number of aromatic nitrogens is 1. The Balaban J connectivity index is 1.88. The fraction of sp³-hybridized carbons (Fsp3) is 0.333. The van der Waals surface area contributed by atoms with Crippen LogP contribution in [0.5, 0.6) is 0 Å². The number of carbonyl (C=O) groups excluding carboxylic acids is 1. The maximum atomic E-state index is 12.5. The second-order valence-electron chi connectivity index (χ2n) is 5.60. The standard InChI is InChI=1S/C15H16ClN3O4S/c1-9-5-11(23-19-9)8-17-24(21,22)14-7-13-10(6-12(14)16)3-2-4-15(20)18-13/h5-7,17H,2-4,8H2,1H3,(H,18,20). The summed E-state index contributed by atoms with van der Waals surface area (Å²) in [6.45, 7) is 1.70. The molecule has 3 rings (SSSR count). The van der Waals surface area contributed by atoms with Gasteiger partial charge in [-0.25, -0.2) is 13.1 Å². The van der Waals surface area contributed by atoms with Crippen LogP contribution in [0.1, 0.15) is 29.9 Å². The Kier molecular flexibility index (Phi) is 4.62. The van der Waals surface area contributed by atoms with E-state index in [2.05, 4.69) is 15.2 Å². The first-order valence-corrected chi connectivity index (χ1v) is 9.25. The van der Waals surface area contributed by atoms with E-state index in [0.29, 0.717) is 36.4 Å². The second kappa shape index (κ2) is 6.54. The van der Waals surface area contributed by atoms with E-state index in [0.717, 1.165) is 5.56 Å². The van der Waals surface area contributed by atoms with Crippen LogP contribution < -0.4 is 10.0 Å². The molecular weight excluding hydrogens is 354 g/mol. The number of nitrogens with zero attached hydrogens (tertiary/aromatic N) is 1. The lowest BCUT2D eigenvalue weighted by Gasteiger charge is -2.12. The minimum absolute atomic E-state index is 0.0387. The summed E-state index contributed by atoms with van der Waals surface area (Å²) in [5.41, 5.74) is 1.98. The van der Waals surface area contributed by atoms with Crippen molar-refractivity contribution in [2.24, 2.45) is 0 Å². The summed E-state index contributed by atoms with van der Waals surface area (Å²) < 4.78 is 32.4. The quantitative estimate of drug-likeness (QED) is 0.861. The molecule has 0 saturated heterocycles. The molecule has 0 fully saturated rings. The third kappa shape index (κ3) is 3.61. The van der Waals surface area contributed by atoms with Gasteiger partial charge in [0.2, 0.25) is 15.9 Å². The Hall–Kier alpha value is -1.90. The van der Waals surface area contributed by atoms with Gasteiger partial charge in [0.15, 0.2) is 5.76 Å². The van der Waals surface area contributed by atoms with Gasteiger partial charge in [0, 0.05) is 18.2 Å². The van der Waals surface area contributed by atoms with Crippen LogP contribution in [0.15, 0.2) is 27.6 Å². The number of amides is 1. The zero-order valence-corrected chi connectivity index (χ0v) is 14.5. The Morgan fingerprint density at radius 2 is 2.12 bits per heavy atom. The molecule has 1 aromatic carbocycles. The van der Waals surface area contributed by atoms with E-state index in [-0.39, 0.29) is 22.4 Å². The third-order valence-corrected chi connectivity index (χ3v) is 5.55. The number of hydrogen-bond acceptors (Lipinski definition) is 5. The van der Waals surface area contributed by atoms with Crippen LogP contribution in [0.25, 0.3) is 0 Å². The minimum Gasteiger partial charge on any atom is -0.360 e. The van der Waals surface area contributed by atoms with E-state index in [1.807, 2.05) is 0 Å². The molecule has 1 aliphatic heterocycles. The number of hydrogen-bond donors (Lipinski definition) is 2. The number of rotatable bonds is 4. The topological polar surface area (TPSA) is 101 Å². The molecule has 0 aliphatic carbocycles. The van der Waals surface area contributed by atoms with Gasteiger partial charge in [0.25, 0.3) is 0 Å². The summed E-state index contributed by atoms with van der Waals surface area (Å²) in [4.78, 5) is 11.6. The number of aryl methyl sites for hydroxylation is 2. The molecule has 9 heteroatoms. The number of sulfonamides is 1. The Labute approximate surface area is 144 Å². The van der Waals surface area contributed by atoms with E-state index in [4.69, 9.17) is 16.1 Å². The van der Waals surface area contributed by atoms with Gasteiger partial charge < -0.3 is 9.84 Å².